The maximum atomic E-state index is 4.88. The molecule has 122 valence electrons. The highest BCUT2D eigenvalue weighted by Gasteiger charge is 1.92. The molecule has 0 aliphatic rings. The van der Waals surface area contributed by atoms with Crippen LogP contribution in [0.15, 0.2) is 37.3 Å². The Balaban J connectivity index is 3.07. The molecule has 0 heterocycles. The maximum Gasteiger partial charge on any atom is 0.0900 e. The van der Waals surface area contributed by atoms with Crippen LogP contribution in [-0.2, 0) is 4.74 Å². The van der Waals surface area contributed by atoms with Crippen LogP contribution < -0.4 is 0 Å². The summed E-state index contributed by atoms with van der Waals surface area (Å²) < 4.78 is 4.88. The lowest BCUT2D eigenvalue weighted by Gasteiger charge is -2.02. The first-order valence-corrected chi connectivity index (χ1v) is 9.00. The van der Waals surface area contributed by atoms with Crippen molar-refractivity contribution in [2.24, 2.45) is 0 Å². The third kappa shape index (κ3) is 19.0. The lowest BCUT2D eigenvalue weighted by Crippen LogP contribution is -1.82. The molecular weight excluding hydrogens is 256 g/mol. The van der Waals surface area contributed by atoms with E-state index in [0.29, 0.717) is 0 Å². The zero-order valence-corrected chi connectivity index (χ0v) is 14.2. The van der Waals surface area contributed by atoms with Crippen LogP contribution in [0.25, 0.3) is 0 Å². The largest absolute Gasteiger partial charge is 0.473 e. The van der Waals surface area contributed by atoms with E-state index in [0.717, 1.165) is 0 Å². The van der Waals surface area contributed by atoms with E-state index in [1.807, 2.05) is 12.2 Å². The summed E-state index contributed by atoms with van der Waals surface area (Å²) in [4.78, 5) is 0. The molecule has 0 bridgehead atoms. The summed E-state index contributed by atoms with van der Waals surface area (Å²) in [5.41, 5.74) is 0. The molecule has 0 saturated heterocycles. The second-order valence-electron chi connectivity index (χ2n) is 5.74. The molecule has 0 aromatic carbocycles. The van der Waals surface area contributed by atoms with Gasteiger partial charge >= 0.3 is 0 Å². The average molecular weight is 293 g/mol. The zero-order chi connectivity index (χ0) is 15.4. The molecule has 0 aliphatic heterocycles. The maximum absolute atomic E-state index is 4.88. The van der Waals surface area contributed by atoms with Gasteiger partial charge in [0.15, 0.2) is 0 Å². The molecule has 0 spiro atoms. The van der Waals surface area contributed by atoms with Crippen molar-refractivity contribution < 1.29 is 4.74 Å². The molecule has 0 aliphatic carbocycles. The second kappa shape index (κ2) is 19.0. The van der Waals surface area contributed by atoms with Crippen molar-refractivity contribution >= 4 is 0 Å². The summed E-state index contributed by atoms with van der Waals surface area (Å²) in [7, 11) is 0. The van der Waals surface area contributed by atoms with Crippen LogP contribution >= 0.6 is 0 Å². The minimum absolute atomic E-state index is 1.18. The Morgan fingerprint density at radius 3 is 1.76 bits per heavy atom. The van der Waals surface area contributed by atoms with Crippen LogP contribution in [0.1, 0.15) is 90.4 Å². The fourth-order valence-corrected chi connectivity index (χ4v) is 2.42. The van der Waals surface area contributed by atoms with Crippen molar-refractivity contribution in [1.82, 2.24) is 0 Å². The van der Waals surface area contributed by atoms with Gasteiger partial charge < -0.3 is 4.74 Å². The number of allylic oxidation sites excluding steroid dienone is 3. The summed E-state index contributed by atoms with van der Waals surface area (Å²) in [6.07, 6.45) is 27.4. The molecule has 0 fully saturated rings. The molecule has 1 nitrogen and oxygen atoms in total. The fraction of sp³-hybridized carbons (Fsp3) is 0.700. The lowest BCUT2D eigenvalue weighted by atomic mass is 10.0. The number of ether oxygens (including phenoxy) is 1. The molecule has 0 rings (SSSR count). The smallest absolute Gasteiger partial charge is 0.0900 e. The first-order valence-electron chi connectivity index (χ1n) is 9.00. The van der Waals surface area contributed by atoms with Gasteiger partial charge in [0, 0.05) is 0 Å². The van der Waals surface area contributed by atoms with E-state index in [-0.39, 0.29) is 0 Å². The van der Waals surface area contributed by atoms with E-state index in [1.54, 1.807) is 6.26 Å². The van der Waals surface area contributed by atoms with Crippen molar-refractivity contribution in [2.45, 2.75) is 90.4 Å². The predicted octanol–water partition coefficient (Wildman–Crippen LogP) is 7.31. The average Bonchev–Trinajstić information content (AvgIpc) is 2.50. The van der Waals surface area contributed by atoms with Crippen molar-refractivity contribution in [3.8, 4) is 0 Å². The van der Waals surface area contributed by atoms with Crippen LogP contribution in [-0.4, -0.2) is 0 Å². The number of unbranched alkanes of at least 4 members (excludes halogenated alkanes) is 12. The monoisotopic (exact) mass is 292 g/mol. The number of hydrogen-bond acceptors (Lipinski definition) is 1. The first-order chi connectivity index (χ1) is 10.4. The molecular formula is C20H36O. The van der Waals surface area contributed by atoms with Gasteiger partial charge in [-0.25, -0.2) is 0 Å². The first kappa shape index (κ1) is 20.0. The van der Waals surface area contributed by atoms with Gasteiger partial charge in [-0.15, -0.1) is 0 Å². The molecule has 0 amide bonds. The standard InChI is InChI=1S/C20H36O/c1-3-5-6-7-8-9-10-11-12-13-14-15-16-17-18-19-20-21-4-2/h4,17-20H,2-3,5-16H2,1H3. The Labute approximate surface area is 133 Å². The Morgan fingerprint density at radius 1 is 0.714 bits per heavy atom. The molecule has 1 heteroatoms. The van der Waals surface area contributed by atoms with Gasteiger partial charge in [-0.1, -0.05) is 96.3 Å². The highest BCUT2D eigenvalue weighted by molar-refractivity contribution is 4.99. The summed E-state index contributed by atoms with van der Waals surface area (Å²) >= 11 is 0. The summed E-state index contributed by atoms with van der Waals surface area (Å²) in [5.74, 6) is 0. The van der Waals surface area contributed by atoms with Gasteiger partial charge in [-0.3, -0.25) is 0 Å². The van der Waals surface area contributed by atoms with Gasteiger partial charge in [-0.2, -0.15) is 0 Å². The van der Waals surface area contributed by atoms with Crippen LogP contribution in [0, 0.1) is 0 Å². The van der Waals surface area contributed by atoms with Crippen LogP contribution in [0.2, 0.25) is 0 Å². The van der Waals surface area contributed by atoms with Crippen molar-refractivity contribution in [2.75, 3.05) is 0 Å². The number of rotatable bonds is 16. The van der Waals surface area contributed by atoms with Crippen LogP contribution in [0.4, 0.5) is 0 Å². The normalized spacial score (nSPS) is 11.5. The third-order valence-electron chi connectivity index (χ3n) is 3.72. The van der Waals surface area contributed by atoms with Gasteiger partial charge in [0.2, 0.25) is 0 Å². The zero-order valence-electron chi connectivity index (χ0n) is 14.2. The van der Waals surface area contributed by atoms with Crippen molar-refractivity contribution in [3.05, 3.63) is 37.3 Å². The highest BCUT2D eigenvalue weighted by atomic mass is 16.5. The van der Waals surface area contributed by atoms with Crippen LogP contribution in [0.3, 0.4) is 0 Å². The summed E-state index contributed by atoms with van der Waals surface area (Å²) in [5, 5.41) is 0. The predicted molar refractivity (Wildman–Crippen MR) is 95.3 cm³/mol. The van der Waals surface area contributed by atoms with E-state index in [1.165, 1.54) is 89.7 Å². The Kier molecular flexibility index (Phi) is 18.1. The minimum atomic E-state index is 1.18. The molecule has 21 heavy (non-hydrogen) atoms. The van der Waals surface area contributed by atoms with Gasteiger partial charge in [0.1, 0.15) is 0 Å². The van der Waals surface area contributed by atoms with Crippen molar-refractivity contribution in [3.63, 3.8) is 0 Å². The Hall–Kier alpha value is -0.980. The quantitative estimate of drug-likeness (QED) is 0.165. The second-order valence-corrected chi connectivity index (χ2v) is 5.74. The summed E-state index contributed by atoms with van der Waals surface area (Å²) in [6, 6.07) is 0. The van der Waals surface area contributed by atoms with Gasteiger partial charge in [0.05, 0.1) is 12.5 Å². The van der Waals surface area contributed by atoms with Gasteiger partial charge in [-0.05, 0) is 18.9 Å². The molecule has 0 aromatic rings. The van der Waals surface area contributed by atoms with Crippen LogP contribution in [0.5, 0.6) is 0 Å². The molecule has 0 saturated carbocycles. The minimum Gasteiger partial charge on any atom is -0.473 e. The molecule has 0 atom stereocenters. The van der Waals surface area contributed by atoms with E-state index >= 15 is 0 Å². The third-order valence-corrected chi connectivity index (χ3v) is 3.72. The lowest BCUT2D eigenvalue weighted by molar-refractivity contribution is 0.405. The topological polar surface area (TPSA) is 9.23 Å². The van der Waals surface area contributed by atoms with Crippen molar-refractivity contribution in [1.29, 1.82) is 0 Å². The molecule has 0 aromatic heterocycles. The van der Waals surface area contributed by atoms with E-state index in [4.69, 9.17) is 4.74 Å². The molecule has 0 radical (unpaired) electrons. The van der Waals surface area contributed by atoms with E-state index in [2.05, 4.69) is 19.6 Å². The number of hydrogen-bond donors (Lipinski definition) is 0. The molecule has 0 N–H and O–H groups in total. The fourth-order valence-electron chi connectivity index (χ4n) is 2.42. The van der Waals surface area contributed by atoms with E-state index < -0.39 is 0 Å². The van der Waals surface area contributed by atoms with Gasteiger partial charge in [0.25, 0.3) is 0 Å². The highest BCUT2D eigenvalue weighted by Crippen LogP contribution is 2.12. The SMILES string of the molecule is C=COC=CC=CCCCCCCCCCCCCCC. The van der Waals surface area contributed by atoms with E-state index in [9.17, 15) is 0 Å². The molecule has 0 unspecified atom stereocenters. The summed E-state index contributed by atoms with van der Waals surface area (Å²) in [6.45, 7) is 5.76. The Bertz CT molecular complexity index is 253. The Morgan fingerprint density at radius 2 is 1.24 bits per heavy atom.